The summed E-state index contributed by atoms with van der Waals surface area (Å²) in [6.45, 7) is 2.48. The number of hydrogen-bond acceptors (Lipinski definition) is 5. The van der Waals surface area contributed by atoms with E-state index in [9.17, 15) is 8.42 Å². The molecule has 2 aromatic rings. The van der Waals surface area contributed by atoms with Gasteiger partial charge in [0.2, 0.25) is 10.0 Å². The van der Waals surface area contributed by atoms with E-state index in [-0.39, 0.29) is 4.90 Å². The molecule has 2 aliphatic rings. The molecule has 7 heteroatoms. The van der Waals surface area contributed by atoms with Crippen molar-refractivity contribution in [3.05, 3.63) is 48.2 Å². The maximum absolute atomic E-state index is 12.3. The second kappa shape index (κ2) is 6.65. The normalized spacial score (nSPS) is 17.5. The summed E-state index contributed by atoms with van der Waals surface area (Å²) in [4.78, 5) is 6.69. The summed E-state index contributed by atoms with van der Waals surface area (Å²) in [5.41, 5.74) is 1.10. The number of pyridine rings is 1. The van der Waals surface area contributed by atoms with E-state index in [1.54, 1.807) is 12.1 Å². The number of ether oxygens (including phenoxy) is 1. The molecule has 0 bridgehead atoms. The number of rotatable bonds is 5. The van der Waals surface area contributed by atoms with E-state index in [0.717, 1.165) is 30.0 Å². The van der Waals surface area contributed by atoms with E-state index < -0.39 is 10.0 Å². The van der Waals surface area contributed by atoms with Crippen molar-refractivity contribution in [1.29, 1.82) is 0 Å². The lowest BCUT2D eigenvalue weighted by atomic mass is 10.2. The predicted molar refractivity (Wildman–Crippen MR) is 95.1 cm³/mol. The minimum Gasteiger partial charge on any atom is -0.491 e. The van der Waals surface area contributed by atoms with Crippen molar-refractivity contribution in [1.82, 2.24) is 9.71 Å². The second-order valence-corrected chi connectivity index (χ2v) is 8.29. The molecule has 0 atom stereocenters. The summed E-state index contributed by atoms with van der Waals surface area (Å²) in [5.74, 6) is 2.15. The molecule has 4 rings (SSSR count). The molecule has 1 N–H and O–H groups in total. The lowest BCUT2D eigenvalue weighted by molar-refractivity contribution is 0.331. The summed E-state index contributed by atoms with van der Waals surface area (Å²) in [6.07, 6.45) is 3.65. The van der Waals surface area contributed by atoms with Gasteiger partial charge in [0, 0.05) is 24.8 Å². The van der Waals surface area contributed by atoms with Crippen LogP contribution in [0.25, 0.3) is 0 Å². The minimum absolute atomic E-state index is 0.211. The molecule has 0 unspecified atom stereocenters. The third-order valence-corrected chi connectivity index (χ3v) is 5.98. The van der Waals surface area contributed by atoms with Gasteiger partial charge in [0.25, 0.3) is 0 Å². The van der Waals surface area contributed by atoms with E-state index in [4.69, 9.17) is 4.74 Å². The highest BCUT2D eigenvalue weighted by atomic mass is 32.2. The van der Waals surface area contributed by atoms with E-state index in [0.29, 0.717) is 32.2 Å². The first-order valence-corrected chi connectivity index (χ1v) is 10.0. The highest BCUT2D eigenvalue weighted by molar-refractivity contribution is 7.89. The number of nitrogens with one attached hydrogen (secondary N) is 1. The maximum Gasteiger partial charge on any atom is 0.242 e. The van der Waals surface area contributed by atoms with Crippen LogP contribution in [0.3, 0.4) is 0 Å². The summed E-state index contributed by atoms with van der Waals surface area (Å²) in [6, 6.07) is 11.3. The Morgan fingerprint density at radius 1 is 1.20 bits per heavy atom. The monoisotopic (exact) mass is 359 g/mol. The average molecular weight is 359 g/mol. The third-order valence-electron chi connectivity index (χ3n) is 4.57. The van der Waals surface area contributed by atoms with Crippen LogP contribution in [0.2, 0.25) is 0 Å². The molecule has 2 heterocycles. The molecular weight excluding hydrogens is 338 g/mol. The minimum atomic E-state index is -3.47. The zero-order valence-corrected chi connectivity index (χ0v) is 14.7. The van der Waals surface area contributed by atoms with E-state index in [1.807, 2.05) is 24.3 Å². The first-order chi connectivity index (χ1) is 12.1. The Morgan fingerprint density at radius 3 is 2.80 bits per heavy atom. The Morgan fingerprint density at radius 2 is 2.04 bits per heavy atom. The van der Waals surface area contributed by atoms with Gasteiger partial charge >= 0.3 is 0 Å². The fourth-order valence-corrected chi connectivity index (χ4v) is 3.93. The van der Waals surface area contributed by atoms with Crippen molar-refractivity contribution in [3.8, 4) is 5.75 Å². The van der Waals surface area contributed by atoms with Gasteiger partial charge in [-0.1, -0.05) is 18.2 Å². The molecule has 1 aromatic carbocycles. The Labute approximate surface area is 147 Å². The van der Waals surface area contributed by atoms with Crippen molar-refractivity contribution in [3.63, 3.8) is 0 Å². The zero-order chi connectivity index (χ0) is 17.3. The highest BCUT2D eigenvalue weighted by Crippen LogP contribution is 2.28. The zero-order valence-electron chi connectivity index (χ0n) is 13.9. The molecule has 0 amide bonds. The highest BCUT2D eigenvalue weighted by Gasteiger charge is 2.24. The Kier molecular flexibility index (Phi) is 4.35. The van der Waals surface area contributed by atoms with Gasteiger partial charge in [-0.25, -0.2) is 18.1 Å². The van der Waals surface area contributed by atoms with Crippen LogP contribution in [-0.4, -0.2) is 33.1 Å². The lowest BCUT2D eigenvalue weighted by Crippen LogP contribution is -2.27. The number of para-hydroxylation sites is 1. The number of benzene rings is 1. The molecule has 6 nitrogen and oxygen atoms in total. The fraction of sp³-hybridized carbons (Fsp3) is 0.389. The van der Waals surface area contributed by atoms with Crippen LogP contribution in [0.5, 0.6) is 5.75 Å². The Hall–Kier alpha value is -2.12. The molecule has 0 radical (unpaired) electrons. The van der Waals surface area contributed by atoms with Crippen molar-refractivity contribution < 1.29 is 13.2 Å². The lowest BCUT2D eigenvalue weighted by Gasteiger charge is -2.21. The van der Waals surface area contributed by atoms with E-state index in [1.165, 1.54) is 6.20 Å². The van der Waals surface area contributed by atoms with Gasteiger partial charge < -0.3 is 9.64 Å². The third kappa shape index (κ3) is 3.77. The molecule has 1 fully saturated rings. The van der Waals surface area contributed by atoms with Crippen molar-refractivity contribution in [2.75, 3.05) is 24.6 Å². The van der Waals surface area contributed by atoms with Gasteiger partial charge in [-0.3, -0.25) is 0 Å². The Balaban J connectivity index is 1.50. The number of nitrogens with zero attached hydrogens (tertiary/aromatic N) is 2. The van der Waals surface area contributed by atoms with Crippen LogP contribution in [0.15, 0.2) is 47.5 Å². The predicted octanol–water partition coefficient (Wildman–Crippen LogP) is 2.17. The van der Waals surface area contributed by atoms with Gasteiger partial charge in [-0.05, 0) is 37.0 Å². The first kappa shape index (κ1) is 16.4. The van der Waals surface area contributed by atoms with Gasteiger partial charge in [-0.15, -0.1) is 0 Å². The van der Waals surface area contributed by atoms with Crippen LogP contribution in [0, 0.1) is 5.92 Å². The van der Waals surface area contributed by atoms with Gasteiger partial charge in [0.05, 0.1) is 6.54 Å². The topological polar surface area (TPSA) is 71.5 Å². The van der Waals surface area contributed by atoms with Gasteiger partial charge in [0.1, 0.15) is 23.1 Å². The number of hydrogen-bond donors (Lipinski definition) is 1. The quantitative estimate of drug-likeness (QED) is 0.886. The van der Waals surface area contributed by atoms with Crippen LogP contribution in [0.4, 0.5) is 5.82 Å². The number of anilines is 1. The second-order valence-electron chi connectivity index (χ2n) is 6.53. The number of fused-ring (bicyclic) bond motifs is 1. The summed E-state index contributed by atoms with van der Waals surface area (Å²) in [7, 11) is -3.47. The Bertz CT molecular complexity index is 848. The standard InChI is InChI=1S/C18H21N3O3S/c22-25(23,20-11-14-5-6-14)16-7-8-18(19-12-16)21-9-10-24-17-4-2-1-3-15(17)13-21/h1-4,7-8,12,14,20H,5-6,9-11,13H2. The first-order valence-electron chi connectivity index (χ1n) is 8.53. The molecule has 0 saturated heterocycles. The van der Waals surface area contributed by atoms with Crippen LogP contribution in [0.1, 0.15) is 18.4 Å². The van der Waals surface area contributed by atoms with Gasteiger partial charge in [-0.2, -0.15) is 0 Å². The van der Waals surface area contributed by atoms with E-state index in [2.05, 4.69) is 14.6 Å². The molecule has 0 spiro atoms. The molecule has 1 saturated carbocycles. The molecule has 1 aliphatic carbocycles. The van der Waals surface area contributed by atoms with Crippen LogP contribution >= 0.6 is 0 Å². The molecule has 1 aromatic heterocycles. The largest absolute Gasteiger partial charge is 0.491 e. The van der Waals surface area contributed by atoms with Crippen LogP contribution in [-0.2, 0) is 16.6 Å². The summed E-state index contributed by atoms with van der Waals surface area (Å²) in [5, 5.41) is 0. The van der Waals surface area contributed by atoms with Crippen molar-refractivity contribution in [2.24, 2.45) is 5.92 Å². The fourth-order valence-electron chi connectivity index (χ4n) is 2.87. The number of aromatic nitrogens is 1. The molecular formula is C18H21N3O3S. The average Bonchev–Trinajstić information content (AvgIpc) is 3.46. The SMILES string of the molecule is O=S(=O)(NCC1CC1)c1ccc(N2CCOc3ccccc3C2)nc1. The molecule has 1 aliphatic heterocycles. The van der Waals surface area contributed by atoms with Crippen molar-refractivity contribution in [2.45, 2.75) is 24.3 Å². The summed E-state index contributed by atoms with van der Waals surface area (Å²) < 4.78 is 33.0. The van der Waals surface area contributed by atoms with E-state index >= 15 is 0 Å². The van der Waals surface area contributed by atoms with Gasteiger partial charge in [0.15, 0.2) is 0 Å². The number of sulfonamides is 1. The van der Waals surface area contributed by atoms with Crippen molar-refractivity contribution >= 4 is 15.8 Å². The smallest absolute Gasteiger partial charge is 0.242 e. The van der Waals surface area contributed by atoms with Crippen LogP contribution < -0.4 is 14.4 Å². The molecule has 132 valence electrons. The maximum atomic E-state index is 12.3. The molecule has 25 heavy (non-hydrogen) atoms. The summed E-state index contributed by atoms with van der Waals surface area (Å²) >= 11 is 0.